The maximum atomic E-state index is 6.90. The SMILES string of the molecule is COc1ccc(CNC(C)(C)C(N)(I)c2ccnc3cc(Cl)ccc23)cc1OC. The van der Waals surface area contributed by atoms with E-state index >= 15 is 0 Å². The Morgan fingerprint density at radius 1 is 1.07 bits per heavy atom. The lowest BCUT2D eigenvalue weighted by molar-refractivity contribution is 0.307. The molecule has 29 heavy (non-hydrogen) atoms. The Bertz CT molecular complexity index is 1020. The molecule has 7 heteroatoms. The number of halogens is 2. The van der Waals surface area contributed by atoms with Crippen molar-refractivity contribution < 1.29 is 9.47 Å². The van der Waals surface area contributed by atoms with Crippen LogP contribution < -0.4 is 20.5 Å². The van der Waals surface area contributed by atoms with Gasteiger partial charge in [-0.05, 0) is 55.3 Å². The average molecular weight is 526 g/mol. The number of methoxy groups -OCH3 is 2. The second-order valence-electron chi connectivity index (χ2n) is 7.40. The van der Waals surface area contributed by atoms with Crippen molar-refractivity contribution in [1.29, 1.82) is 0 Å². The molecule has 154 valence electrons. The van der Waals surface area contributed by atoms with Gasteiger partial charge in [-0.25, -0.2) is 0 Å². The zero-order valence-electron chi connectivity index (χ0n) is 16.9. The first-order valence-electron chi connectivity index (χ1n) is 9.18. The molecule has 0 bridgehead atoms. The molecule has 0 amide bonds. The third-order valence-corrected chi connectivity index (χ3v) is 7.35. The third-order valence-electron chi connectivity index (χ3n) is 5.19. The lowest BCUT2D eigenvalue weighted by atomic mass is 9.87. The molecule has 1 atom stereocenters. The van der Waals surface area contributed by atoms with Crippen molar-refractivity contribution in [2.24, 2.45) is 5.73 Å². The van der Waals surface area contributed by atoms with Crippen LogP contribution in [-0.4, -0.2) is 24.7 Å². The number of nitrogens with zero attached hydrogens (tertiary/aromatic N) is 1. The van der Waals surface area contributed by atoms with Crippen LogP contribution in [0, 0.1) is 0 Å². The number of aromatic nitrogens is 1. The van der Waals surface area contributed by atoms with Gasteiger partial charge in [-0.2, -0.15) is 0 Å². The van der Waals surface area contributed by atoms with Crippen molar-refractivity contribution in [1.82, 2.24) is 10.3 Å². The molecule has 0 aliphatic rings. The lowest BCUT2D eigenvalue weighted by Gasteiger charge is -2.41. The van der Waals surface area contributed by atoms with Crippen LogP contribution in [0.5, 0.6) is 11.5 Å². The molecule has 1 aromatic heterocycles. The minimum atomic E-state index is -0.698. The van der Waals surface area contributed by atoms with Gasteiger partial charge in [0.05, 0.1) is 19.7 Å². The van der Waals surface area contributed by atoms with E-state index in [2.05, 4.69) is 46.7 Å². The van der Waals surface area contributed by atoms with Crippen LogP contribution in [0.25, 0.3) is 10.9 Å². The predicted octanol–water partition coefficient (Wildman–Crippen LogP) is 5.02. The molecule has 5 nitrogen and oxygen atoms in total. The highest BCUT2D eigenvalue weighted by molar-refractivity contribution is 14.1. The molecule has 0 saturated heterocycles. The molecule has 0 fully saturated rings. The third kappa shape index (κ3) is 4.45. The first-order chi connectivity index (χ1) is 13.7. The predicted molar refractivity (Wildman–Crippen MR) is 127 cm³/mol. The van der Waals surface area contributed by atoms with Crippen LogP contribution in [0.15, 0.2) is 48.7 Å². The van der Waals surface area contributed by atoms with E-state index in [0.29, 0.717) is 23.1 Å². The van der Waals surface area contributed by atoms with E-state index in [4.69, 9.17) is 26.8 Å². The molecule has 0 aliphatic heterocycles. The summed E-state index contributed by atoms with van der Waals surface area (Å²) < 4.78 is 10.0. The summed E-state index contributed by atoms with van der Waals surface area (Å²) in [6, 6.07) is 13.6. The normalized spacial score (nSPS) is 13.9. The van der Waals surface area contributed by atoms with Crippen molar-refractivity contribution in [3.8, 4) is 11.5 Å². The highest BCUT2D eigenvalue weighted by Crippen LogP contribution is 2.40. The molecule has 0 saturated carbocycles. The fourth-order valence-corrected chi connectivity index (χ4v) is 4.04. The fourth-order valence-electron chi connectivity index (χ4n) is 3.22. The van der Waals surface area contributed by atoms with E-state index in [1.807, 2.05) is 42.5 Å². The monoisotopic (exact) mass is 525 g/mol. The first-order valence-corrected chi connectivity index (χ1v) is 10.6. The number of benzene rings is 2. The molecular weight excluding hydrogens is 501 g/mol. The number of rotatable bonds is 7. The zero-order valence-corrected chi connectivity index (χ0v) is 19.8. The van der Waals surface area contributed by atoms with Crippen LogP contribution in [0.1, 0.15) is 25.0 Å². The lowest BCUT2D eigenvalue weighted by Crippen LogP contribution is -2.58. The van der Waals surface area contributed by atoms with Crippen LogP contribution in [-0.2, 0) is 10.1 Å². The quantitative estimate of drug-likeness (QED) is 0.258. The second kappa shape index (κ2) is 8.63. The summed E-state index contributed by atoms with van der Waals surface area (Å²) in [6.45, 7) is 4.83. The van der Waals surface area contributed by atoms with E-state index < -0.39 is 9.08 Å². The molecule has 1 heterocycles. The van der Waals surface area contributed by atoms with Crippen LogP contribution in [0.4, 0.5) is 0 Å². The Labute approximate surface area is 190 Å². The maximum absolute atomic E-state index is 6.90. The standard InChI is InChI=1S/C22H25ClIN3O2/c1-21(2,27-13-14-5-8-19(28-3)20(11-14)29-4)22(24,25)17-9-10-26-18-12-15(23)6-7-16(17)18/h5-12,27H,13,25H2,1-4H3. The number of fused-ring (bicyclic) bond motifs is 1. The Morgan fingerprint density at radius 2 is 1.79 bits per heavy atom. The molecule has 0 aliphatic carbocycles. The van der Waals surface area contributed by atoms with Crippen molar-refractivity contribution in [2.45, 2.75) is 29.5 Å². The van der Waals surface area contributed by atoms with Crippen molar-refractivity contribution in [2.75, 3.05) is 14.2 Å². The van der Waals surface area contributed by atoms with Gasteiger partial charge < -0.3 is 20.5 Å². The topological polar surface area (TPSA) is 69.4 Å². The molecular formula is C22H25ClIN3O2. The highest BCUT2D eigenvalue weighted by atomic mass is 127. The fraction of sp³-hybridized carbons (Fsp3) is 0.318. The van der Waals surface area contributed by atoms with Gasteiger partial charge in [-0.15, -0.1) is 0 Å². The Kier molecular flexibility index (Phi) is 6.57. The molecule has 3 N–H and O–H groups in total. The molecule has 0 radical (unpaired) electrons. The Balaban J connectivity index is 1.88. The minimum Gasteiger partial charge on any atom is -0.493 e. The summed E-state index contributed by atoms with van der Waals surface area (Å²) in [5.74, 6) is 1.41. The minimum absolute atomic E-state index is 0.436. The summed E-state index contributed by atoms with van der Waals surface area (Å²) >= 11 is 8.45. The van der Waals surface area contributed by atoms with Crippen molar-refractivity contribution in [3.63, 3.8) is 0 Å². The van der Waals surface area contributed by atoms with Crippen molar-refractivity contribution >= 4 is 45.1 Å². The van der Waals surface area contributed by atoms with E-state index in [1.54, 1.807) is 20.4 Å². The van der Waals surface area contributed by atoms with Gasteiger partial charge in [0.25, 0.3) is 0 Å². The van der Waals surface area contributed by atoms with Gasteiger partial charge in [0.1, 0.15) is 3.55 Å². The Hall–Kier alpha value is -1.61. The molecule has 0 spiro atoms. The van der Waals surface area contributed by atoms with E-state index in [1.165, 1.54) is 0 Å². The van der Waals surface area contributed by atoms with Gasteiger partial charge in [0.15, 0.2) is 11.5 Å². The van der Waals surface area contributed by atoms with Gasteiger partial charge in [-0.1, -0.05) is 46.3 Å². The Morgan fingerprint density at radius 3 is 2.48 bits per heavy atom. The summed E-state index contributed by atoms with van der Waals surface area (Å²) in [7, 11) is 3.26. The number of nitrogens with one attached hydrogen (secondary N) is 1. The molecule has 3 aromatic rings. The number of hydrogen-bond acceptors (Lipinski definition) is 5. The number of hydrogen-bond donors (Lipinski definition) is 2. The number of alkyl halides is 1. The molecule has 1 unspecified atom stereocenters. The summed E-state index contributed by atoms with van der Waals surface area (Å²) in [5, 5.41) is 5.26. The smallest absolute Gasteiger partial charge is 0.161 e. The summed E-state index contributed by atoms with van der Waals surface area (Å²) in [5.41, 5.74) is 9.38. The van der Waals surface area contributed by atoms with Gasteiger partial charge in [0.2, 0.25) is 0 Å². The highest BCUT2D eigenvalue weighted by Gasteiger charge is 2.41. The van der Waals surface area contributed by atoms with Crippen LogP contribution >= 0.6 is 34.2 Å². The van der Waals surface area contributed by atoms with Crippen LogP contribution in [0.2, 0.25) is 5.02 Å². The summed E-state index contributed by atoms with van der Waals surface area (Å²) in [4.78, 5) is 4.44. The number of pyridine rings is 1. The number of nitrogens with two attached hydrogens (primary N) is 1. The zero-order chi connectivity index (χ0) is 21.2. The van der Waals surface area contributed by atoms with Crippen molar-refractivity contribution in [3.05, 3.63) is 64.8 Å². The maximum Gasteiger partial charge on any atom is 0.161 e. The van der Waals surface area contributed by atoms with E-state index in [-0.39, 0.29) is 0 Å². The van der Waals surface area contributed by atoms with Gasteiger partial charge in [-0.3, -0.25) is 4.98 Å². The average Bonchev–Trinajstić information content (AvgIpc) is 2.71. The van der Waals surface area contributed by atoms with E-state index in [0.717, 1.165) is 22.0 Å². The largest absolute Gasteiger partial charge is 0.493 e. The van der Waals surface area contributed by atoms with E-state index in [9.17, 15) is 0 Å². The second-order valence-corrected chi connectivity index (χ2v) is 9.54. The van der Waals surface area contributed by atoms with Gasteiger partial charge in [0, 0.05) is 28.7 Å². The summed E-state index contributed by atoms with van der Waals surface area (Å²) in [6.07, 6.45) is 1.78. The molecule has 2 aromatic carbocycles. The molecule has 3 rings (SSSR count). The van der Waals surface area contributed by atoms with Crippen LogP contribution in [0.3, 0.4) is 0 Å². The van der Waals surface area contributed by atoms with Gasteiger partial charge >= 0.3 is 0 Å². The first kappa shape index (κ1) is 22.1. The number of ether oxygens (including phenoxy) is 2.